The molecule has 3 rings (SSSR count). The molecule has 9 heteroatoms. The molecule has 0 radical (unpaired) electrons. The molecule has 0 aliphatic carbocycles. The number of aryl methyl sites for hydroxylation is 1. The molecule has 0 aliphatic heterocycles. The number of nitrogens with one attached hydrogen (secondary N) is 1. The zero-order valence-electron chi connectivity index (χ0n) is 20.5. The largest absolute Gasteiger partial charge is 0.496 e. The fourth-order valence-electron chi connectivity index (χ4n) is 3.63. The molecule has 0 saturated carbocycles. The van der Waals surface area contributed by atoms with E-state index in [2.05, 4.69) is 10.3 Å². The first-order chi connectivity index (χ1) is 16.7. The van der Waals surface area contributed by atoms with E-state index in [-0.39, 0.29) is 25.0 Å². The van der Waals surface area contributed by atoms with Crippen LogP contribution in [0.3, 0.4) is 0 Å². The van der Waals surface area contributed by atoms with Gasteiger partial charge in [0.05, 0.1) is 20.3 Å². The van der Waals surface area contributed by atoms with E-state index < -0.39 is 12.1 Å². The van der Waals surface area contributed by atoms with Crippen LogP contribution in [-0.2, 0) is 22.5 Å². The lowest BCUT2D eigenvalue weighted by Crippen LogP contribution is -2.29. The van der Waals surface area contributed by atoms with Crippen LogP contribution in [0.25, 0.3) is 10.6 Å². The number of carboxylic acids is 1. The average molecular weight is 499 g/mol. The summed E-state index contributed by atoms with van der Waals surface area (Å²) in [5, 5.41) is 13.3. The van der Waals surface area contributed by atoms with Gasteiger partial charge in [-0.25, -0.2) is 9.78 Å². The third-order valence-corrected chi connectivity index (χ3v) is 6.29. The summed E-state index contributed by atoms with van der Waals surface area (Å²) in [6.45, 7) is 5.60. The molecule has 0 bridgehead atoms. The Balaban J connectivity index is 1.82. The highest BCUT2D eigenvalue weighted by molar-refractivity contribution is 7.15. The van der Waals surface area contributed by atoms with E-state index in [1.54, 1.807) is 26.0 Å². The standard InChI is InChI=1S/C26H30N2O6S/c1-15(2)34-22(26(30)31)12-18-11-19(21(33-5)13-20(18)32-4)14-27-24(29)23-16(3)35-25(28-23)17-9-7-6-8-10-17/h6-11,13,15,22H,12,14H2,1-5H3,(H,27,29)(H,30,31). The smallest absolute Gasteiger partial charge is 0.333 e. The molecular weight excluding hydrogens is 468 g/mol. The molecule has 1 amide bonds. The Morgan fingerprint density at radius 2 is 1.71 bits per heavy atom. The fraction of sp³-hybridized carbons (Fsp3) is 0.346. The van der Waals surface area contributed by atoms with E-state index in [0.29, 0.717) is 28.3 Å². The van der Waals surface area contributed by atoms with E-state index in [1.807, 2.05) is 37.3 Å². The Bertz CT molecular complexity index is 1180. The van der Waals surface area contributed by atoms with Crippen LogP contribution in [0.15, 0.2) is 42.5 Å². The Labute approximate surface area is 208 Å². The van der Waals surface area contributed by atoms with Crippen molar-refractivity contribution in [1.29, 1.82) is 0 Å². The normalized spacial score (nSPS) is 11.8. The van der Waals surface area contributed by atoms with Gasteiger partial charge in [-0.3, -0.25) is 4.79 Å². The molecule has 1 heterocycles. The summed E-state index contributed by atoms with van der Waals surface area (Å²) in [6.07, 6.45) is -1.18. The highest BCUT2D eigenvalue weighted by Crippen LogP contribution is 2.31. The van der Waals surface area contributed by atoms with Crippen LogP contribution in [0, 0.1) is 6.92 Å². The van der Waals surface area contributed by atoms with Gasteiger partial charge in [0, 0.05) is 35.0 Å². The maximum Gasteiger partial charge on any atom is 0.333 e. The number of carbonyl (C=O) groups excluding carboxylic acids is 1. The van der Waals surface area contributed by atoms with Crippen molar-refractivity contribution in [3.8, 4) is 22.1 Å². The maximum absolute atomic E-state index is 12.9. The number of ether oxygens (including phenoxy) is 3. The summed E-state index contributed by atoms with van der Waals surface area (Å²) in [6, 6.07) is 13.2. The van der Waals surface area contributed by atoms with Crippen molar-refractivity contribution in [2.24, 2.45) is 0 Å². The molecule has 2 aromatic carbocycles. The van der Waals surface area contributed by atoms with Crippen molar-refractivity contribution in [2.45, 2.75) is 45.9 Å². The number of carboxylic acid groups (broad SMARTS) is 1. The Morgan fingerprint density at radius 1 is 1.06 bits per heavy atom. The summed E-state index contributed by atoms with van der Waals surface area (Å²) in [4.78, 5) is 30.0. The summed E-state index contributed by atoms with van der Waals surface area (Å²) < 4.78 is 16.5. The second-order valence-electron chi connectivity index (χ2n) is 8.16. The van der Waals surface area contributed by atoms with Crippen LogP contribution in [0.4, 0.5) is 0 Å². The van der Waals surface area contributed by atoms with Gasteiger partial charge >= 0.3 is 5.97 Å². The Kier molecular flexibility index (Phi) is 8.84. The zero-order valence-corrected chi connectivity index (χ0v) is 21.3. The summed E-state index contributed by atoms with van der Waals surface area (Å²) in [5.74, 6) is -0.354. The van der Waals surface area contributed by atoms with Gasteiger partial charge in [-0.15, -0.1) is 11.3 Å². The average Bonchev–Trinajstić information content (AvgIpc) is 3.24. The predicted octanol–water partition coefficient (Wildman–Crippen LogP) is 4.49. The number of nitrogens with zero attached hydrogens (tertiary/aromatic N) is 1. The fourth-order valence-corrected chi connectivity index (χ4v) is 4.54. The second kappa shape index (κ2) is 11.8. The number of hydrogen-bond acceptors (Lipinski definition) is 7. The third-order valence-electron chi connectivity index (χ3n) is 5.27. The number of carbonyl (C=O) groups is 2. The van der Waals surface area contributed by atoms with Gasteiger partial charge < -0.3 is 24.6 Å². The van der Waals surface area contributed by atoms with Crippen LogP contribution in [0.5, 0.6) is 11.5 Å². The SMILES string of the molecule is COc1cc(OC)c(CC(OC(C)C)C(=O)O)cc1CNC(=O)c1nc(-c2ccccc2)sc1C. The second-order valence-corrected chi connectivity index (χ2v) is 9.37. The number of aromatic nitrogens is 1. The van der Waals surface area contributed by atoms with Crippen molar-refractivity contribution < 1.29 is 28.9 Å². The van der Waals surface area contributed by atoms with E-state index in [0.717, 1.165) is 15.4 Å². The third kappa shape index (κ3) is 6.58. The van der Waals surface area contributed by atoms with Crippen LogP contribution < -0.4 is 14.8 Å². The highest BCUT2D eigenvalue weighted by atomic mass is 32.1. The number of thiazole rings is 1. The minimum atomic E-state index is -1.06. The van der Waals surface area contributed by atoms with Crippen LogP contribution in [-0.4, -0.2) is 48.4 Å². The molecule has 0 fully saturated rings. The molecule has 8 nitrogen and oxygen atoms in total. The van der Waals surface area contributed by atoms with Crippen LogP contribution >= 0.6 is 11.3 Å². The van der Waals surface area contributed by atoms with Crippen molar-refractivity contribution in [2.75, 3.05) is 14.2 Å². The van der Waals surface area contributed by atoms with Gasteiger partial charge in [-0.05, 0) is 32.4 Å². The van der Waals surface area contributed by atoms with E-state index >= 15 is 0 Å². The summed E-state index contributed by atoms with van der Waals surface area (Å²) in [5.41, 5.74) is 2.65. The first-order valence-corrected chi connectivity index (χ1v) is 12.0. The number of benzene rings is 2. The first kappa shape index (κ1) is 26.2. The minimum Gasteiger partial charge on any atom is -0.496 e. The van der Waals surface area contributed by atoms with Gasteiger partial charge in [-0.1, -0.05) is 30.3 Å². The van der Waals surface area contributed by atoms with Crippen molar-refractivity contribution in [3.63, 3.8) is 0 Å². The molecular formula is C26H30N2O6S. The Morgan fingerprint density at radius 3 is 2.31 bits per heavy atom. The van der Waals surface area contributed by atoms with Gasteiger partial charge in [0.15, 0.2) is 6.10 Å². The number of aliphatic carboxylic acids is 1. The molecule has 1 aromatic heterocycles. The molecule has 0 aliphatic rings. The molecule has 1 atom stereocenters. The van der Waals surface area contributed by atoms with Crippen molar-refractivity contribution in [1.82, 2.24) is 10.3 Å². The number of rotatable bonds is 11. The molecule has 0 saturated heterocycles. The van der Waals surface area contributed by atoms with E-state index in [4.69, 9.17) is 14.2 Å². The van der Waals surface area contributed by atoms with Crippen molar-refractivity contribution >= 4 is 23.2 Å². The molecule has 35 heavy (non-hydrogen) atoms. The summed E-state index contributed by atoms with van der Waals surface area (Å²) >= 11 is 1.46. The number of methoxy groups -OCH3 is 2. The summed E-state index contributed by atoms with van der Waals surface area (Å²) in [7, 11) is 3.03. The van der Waals surface area contributed by atoms with Gasteiger partial charge in [-0.2, -0.15) is 0 Å². The molecule has 1 unspecified atom stereocenters. The number of amides is 1. The van der Waals surface area contributed by atoms with Crippen molar-refractivity contribution in [3.05, 3.63) is 64.2 Å². The Hall–Kier alpha value is -3.43. The quantitative estimate of drug-likeness (QED) is 0.401. The van der Waals surface area contributed by atoms with E-state index in [1.165, 1.54) is 25.6 Å². The van der Waals surface area contributed by atoms with Gasteiger partial charge in [0.1, 0.15) is 22.2 Å². The first-order valence-electron chi connectivity index (χ1n) is 11.2. The van der Waals surface area contributed by atoms with E-state index in [9.17, 15) is 14.7 Å². The van der Waals surface area contributed by atoms with Gasteiger partial charge in [0.2, 0.25) is 0 Å². The topological polar surface area (TPSA) is 107 Å². The lowest BCUT2D eigenvalue weighted by atomic mass is 10.0. The zero-order chi connectivity index (χ0) is 25.5. The van der Waals surface area contributed by atoms with Crippen LogP contribution in [0.2, 0.25) is 0 Å². The molecule has 3 aromatic rings. The molecule has 2 N–H and O–H groups in total. The lowest BCUT2D eigenvalue weighted by molar-refractivity contribution is -0.153. The van der Waals surface area contributed by atoms with Gasteiger partial charge in [0.25, 0.3) is 5.91 Å². The monoisotopic (exact) mass is 498 g/mol. The number of hydrogen-bond donors (Lipinski definition) is 2. The lowest BCUT2D eigenvalue weighted by Gasteiger charge is -2.20. The predicted molar refractivity (Wildman–Crippen MR) is 134 cm³/mol. The molecule has 186 valence electrons. The highest BCUT2D eigenvalue weighted by Gasteiger charge is 2.24. The maximum atomic E-state index is 12.9. The molecule has 0 spiro atoms. The van der Waals surface area contributed by atoms with Crippen LogP contribution in [0.1, 0.15) is 40.3 Å². The minimum absolute atomic E-state index is 0.104.